The molecule has 0 aliphatic rings. The van der Waals surface area contributed by atoms with Crippen molar-refractivity contribution in [1.29, 1.82) is 0 Å². The molecule has 0 aliphatic heterocycles. The van der Waals surface area contributed by atoms with Crippen molar-refractivity contribution in [3.05, 3.63) is 57.5 Å². The number of benzene rings is 1. The Morgan fingerprint density at radius 2 is 1.95 bits per heavy atom. The third-order valence-electron chi connectivity index (χ3n) is 2.79. The first-order chi connectivity index (χ1) is 9.04. The number of aryl methyl sites for hydroxylation is 1. The summed E-state index contributed by atoms with van der Waals surface area (Å²) in [5.41, 5.74) is 0.482. The fourth-order valence-corrected chi connectivity index (χ4v) is 2.88. The molecular formula is C15H16FNOS. The number of amides is 1. The van der Waals surface area contributed by atoms with Gasteiger partial charge in [0.25, 0.3) is 5.91 Å². The molecule has 0 fully saturated rings. The van der Waals surface area contributed by atoms with Crippen molar-refractivity contribution in [3.63, 3.8) is 0 Å². The molecule has 1 aromatic carbocycles. The molecule has 1 unspecified atom stereocenters. The maximum absolute atomic E-state index is 12.8. The predicted octanol–water partition coefficient (Wildman–Crippen LogP) is 3.56. The molecule has 2 rings (SSSR count). The first-order valence-corrected chi connectivity index (χ1v) is 6.98. The Balaban J connectivity index is 1.93. The van der Waals surface area contributed by atoms with Gasteiger partial charge in [-0.15, -0.1) is 11.3 Å². The third-order valence-corrected chi connectivity index (χ3v) is 3.81. The van der Waals surface area contributed by atoms with Crippen molar-refractivity contribution in [3.8, 4) is 0 Å². The largest absolute Gasteiger partial charge is 0.349 e. The summed E-state index contributed by atoms with van der Waals surface area (Å²) in [5, 5.41) is 2.92. The van der Waals surface area contributed by atoms with Crippen LogP contribution in [0, 0.1) is 12.7 Å². The van der Waals surface area contributed by atoms with Crippen LogP contribution in [0.1, 0.15) is 27.0 Å². The third kappa shape index (κ3) is 3.89. The van der Waals surface area contributed by atoms with Crippen LogP contribution in [0.15, 0.2) is 36.4 Å². The van der Waals surface area contributed by atoms with E-state index in [1.807, 2.05) is 6.92 Å². The van der Waals surface area contributed by atoms with Crippen LogP contribution in [0.2, 0.25) is 0 Å². The summed E-state index contributed by atoms with van der Waals surface area (Å²) in [6.07, 6.45) is 0.811. The number of hydrogen-bond acceptors (Lipinski definition) is 2. The molecule has 0 saturated carbocycles. The minimum absolute atomic E-state index is 0.0515. The molecule has 0 radical (unpaired) electrons. The van der Waals surface area contributed by atoms with Gasteiger partial charge in [-0.3, -0.25) is 4.79 Å². The molecule has 2 aromatic rings. The van der Waals surface area contributed by atoms with Crippen LogP contribution in [0.5, 0.6) is 0 Å². The van der Waals surface area contributed by atoms with Crippen LogP contribution in [0.4, 0.5) is 4.39 Å². The Labute approximate surface area is 116 Å². The van der Waals surface area contributed by atoms with Crippen molar-refractivity contribution in [2.45, 2.75) is 26.3 Å². The van der Waals surface area contributed by atoms with Crippen molar-refractivity contribution < 1.29 is 9.18 Å². The van der Waals surface area contributed by atoms with E-state index in [9.17, 15) is 9.18 Å². The minimum atomic E-state index is -0.335. The number of hydrogen-bond donors (Lipinski definition) is 1. The minimum Gasteiger partial charge on any atom is -0.349 e. The first-order valence-electron chi connectivity index (χ1n) is 6.16. The summed E-state index contributed by atoms with van der Waals surface area (Å²) in [5.74, 6) is -0.501. The van der Waals surface area contributed by atoms with Crippen molar-refractivity contribution in [2.75, 3.05) is 0 Å². The van der Waals surface area contributed by atoms with Gasteiger partial charge in [-0.05, 0) is 50.2 Å². The molecule has 0 saturated heterocycles. The predicted molar refractivity (Wildman–Crippen MR) is 76.1 cm³/mol. The number of rotatable bonds is 4. The lowest BCUT2D eigenvalue weighted by molar-refractivity contribution is 0.0940. The fourth-order valence-electron chi connectivity index (χ4n) is 1.86. The second kappa shape index (κ2) is 5.97. The van der Waals surface area contributed by atoms with E-state index in [-0.39, 0.29) is 17.8 Å². The standard InChI is InChI=1S/C15H16FNOS/c1-10(9-14-8-3-11(2)19-14)17-15(18)12-4-6-13(16)7-5-12/h3-8,10H,9H2,1-2H3,(H,17,18). The summed E-state index contributed by atoms with van der Waals surface area (Å²) in [6.45, 7) is 4.03. The molecule has 0 aliphatic carbocycles. The van der Waals surface area contributed by atoms with E-state index in [0.29, 0.717) is 5.56 Å². The van der Waals surface area contributed by atoms with Gasteiger partial charge in [0, 0.05) is 27.8 Å². The zero-order valence-corrected chi connectivity index (χ0v) is 11.8. The molecule has 1 atom stereocenters. The molecule has 19 heavy (non-hydrogen) atoms. The van der Waals surface area contributed by atoms with Crippen LogP contribution in [0.3, 0.4) is 0 Å². The van der Waals surface area contributed by atoms with Gasteiger partial charge in [0.1, 0.15) is 5.82 Å². The zero-order chi connectivity index (χ0) is 13.8. The monoisotopic (exact) mass is 277 g/mol. The smallest absolute Gasteiger partial charge is 0.251 e. The van der Waals surface area contributed by atoms with Gasteiger partial charge in [-0.2, -0.15) is 0 Å². The van der Waals surface area contributed by atoms with E-state index in [1.165, 1.54) is 34.0 Å². The van der Waals surface area contributed by atoms with E-state index < -0.39 is 0 Å². The lowest BCUT2D eigenvalue weighted by Gasteiger charge is -2.12. The maximum Gasteiger partial charge on any atom is 0.251 e. The van der Waals surface area contributed by atoms with Gasteiger partial charge >= 0.3 is 0 Å². The molecule has 4 heteroatoms. The van der Waals surface area contributed by atoms with Crippen LogP contribution in [-0.4, -0.2) is 11.9 Å². The number of thiophene rings is 1. The Hall–Kier alpha value is -1.68. The van der Waals surface area contributed by atoms with E-state index in [2.05, 4.69) is 24.4 Å². The molecule has 1 amide bonds. The topological polar surface area (TPSA) is 29.1 Å². The lowest BCUT2D eigenvalue weighted by Crippen LogP contribution is -2.33. The maximum atomic E-state index is 12.8. The molecule has 0 spiro atoms. The van der Waals surface area contributed by atoms with Crippen molar-refractivity contribution in [1.82, 2.24) is 5.32 Å². The second-order valence-corrected chi connectivity index (χ2v) is 5.97. The first kappa shape index (κ1) is 13.7. The zero-order valence-electron chi connectivity index (χ0n) is 10.9. The van der Waals surface area contributed by atoms with E-state index in [1.54, 1.807) is 11.3 Å². The molecule has 1 N–H and O–H groups in total. The van der Waals surface area contributed by atoms with Crippen molar-refractivity contribution in [2.24, 2.45) is 0 Å². The van der Waals surface area contributed by atoms with E-state index in [4.69, 9.17) is 0 Å². The van der Waals surface area contributed by atoms with Crippen LogP contribution >= 0.6 is 11.3 Å². The average Bonchev–Trinajstić information content (AvgIpc) is 2.75. The molecule has 1 heterocycles. The van der Waals surface area contributed by atoms with E-state index >= 15 is 0 Å². The Kier molecular flexibility index (Phi) is 4.32. The Morgan fingerprint density at radius 1 is 1.26 bits per heavy atom. The molecule has 2 nitrogen and oxygen atoms in total. The number of halogens is 1. The molecule has 0 bridgehead atoms. The lowest BCUT2D eigenvalue weighted by atomic mass is 10.1. The van der Waals surface area contributed by atoms with Gasteiger partial charge in [0.05, 0.1) is 0 Å². The summed E-state index contributed by atoms with van der Waals surface area (Å²) >= 11 is 1.74. The normalized spacial score (nSPS) is 12.2. The number of carbonyl (C=O) groups excluding carboxylic acids is 1. The molecule has 100 valence electrons. The average molecular weight is 277 g/mol. The van der Waals surface area contributed by atoms with E-state index in [0.717, 1.165) is 6.42 Å². The van der Waals surface area contributed by atoms with Crippen molar-refractivity contribution >= 4 is 17.2 Å². The van der Waals surface area contributed by atoms with Crippen LogP contribution < -0.4 is 5.32 Å². The van der Waals surface area contributed by atoms with Gasteiger partial charge in [0.15, 0.2) is 0 Å². The van der Waals surface area contributed by atoms with Gasteiger partial charge < -0.3 is 5.32 Å². The summed E-state index contributed by atoms with van der Waals surface area (Å²) in [6, 6.07) is 9.79. The fraction of sp³-hybridized carbons (Fsp3) is 0.267. The number of carbonyl (C=O) groups is 1. The summed E-state index contributed by atoms with van der Waals surface area (Å²) < 4.78 is 12.8. The van der Waals surface area contributed by atoms with Gasteiger partial charge in [-0.25, -0.2) is 4.39 Å². The van der Waals surface area contributed by atoms with Crippen LogP contribution in [-0.2, 0) is 6.42 Å². The molecular weight excluding hydrogens is 261 g/mol. The second-order valence-electron chi connectivity index (χ2n) is 4.60. The quantitative estimate of drug-likeness (QED) is 0.909. The summed E-state index contributed by atoms with van der Waals surface area (Å²) in [4.78, 5) is 14.5. The Morgan fingerprint density at radius 3 is 2.53 bits per heavy atom. The highest BCUT2D eigenvalue weighted by molar-refractivity contribution is 7.11. The number of nitrogens with one attached hydrogen (secondary N) is 1. The highest BCUT2D eigenvalue weighted by Crippen LogP contribution is 2.16. The van der Waals surface area contributed by atoms with Gasteiger partial charge in [-0.1, -0.05) is 0 Å². The summed E-state index contributed by atoms with van der Waals surface area (Å²) in [7, 11) is 0. The molecule has 1 aromatic heterocycles. The highest BCUT2D eigenvalue weighted by Gasteiger charge is 2.11. The highest BCUT2D eigenvalue weighted by atomic mass is 32.1. The van der Waals surface area contributed by atoms with Gasteiger partial charge in [0.2, 0.25) is 0 Å². The Bertz CT molecular complexity index is 562. The van der Waals surface area contributed by atoms with Crippen LogP contribution in [0.25, 0.3) is 0 Å². The SMILES string of the molecule is Cc1ccc(CC(C)NC(=O)c2ccc(F)cc2)s1.